The minimum absolute atomic E-state index is 0.105. The minimum atomic E-state index is -3.64. The van der Waals surface area contributed by atoms with E-state index in [0.29, 0.717) is 25.7 Å². The number of fused-ring (bicyclic) bond motifs is 1. The van der Waals surface area contributed by atoms with Crippen molar-refractivity contribution in [1.29, 1.82) is 0 Å². The molecule has 2 N–H and O–H groups in total. The third kappa shape index (κ3) is 6.87. The lowest BCUT2D eigenvalue weighted by Crippen LogP contribution is -2.26. The molecule has 0 aliphatic heterocycles. The summed E-state index contributed by atoms with van der Waals surface area (Å²) in [5.41, 5.74) is 0.876. The van der Waals surface area contributed by atoms with Gasteiger partial charge in [-0.25, -0.2) is 8.42 Å². The first kappa shape index (κ1) is 28.6. The molecule has 2 aliphatic carbocycles. The van der Waals surface area contributed by atoms with E-state index in [0.717, 1.165) is 24.8 Å². The van der Waals surface area contributed by atoms with Crippen molar-refractivity contribution >= 4 is 15.8 Å². The SMILES string of the molecule is CCCCC(C)[C@H](O)/C=C/[C@H]1[C@H]2CC(C(CCCC(=O)OC)S(=O)(=O)c3ccccc3)=C[C@H]2C[C@H]1O. The zero-order chi connectivity index (χ0) is 26.3. The number of allylic oxidation sites excluding steroid dienone is 1. The highest BCUT2D eigenvalue weighted by atomic mass is 32.2. The van der Waals surface area contributed by atoms with Gasteiger partial charge in [0.15, 0.2) is 9.84 Å². The first-order chi connectivity index (χ1) is 17.2. The Kier molecular flexibility index (Phi) is 10.3. The van der Waals surface area contributed by atoms with Crippen molar-refractivity contribution in [3.8, 4) is 0 Å². The monoisotopic (exact) mass is 518 g/mol. The lowest BCUT2D eigenvalue weighted by Gasteiger charge is -2.23. The second-order valence-corrected chi connectivity index (χ2v) is 12.6. The van der Waals surface area contributed by atoms with Crippen LogP contribution >= 0.6 is 0 Å². The molecule has 0 aromatic heterocycles. The smallest absolute Gasteiger partial charge is 0.305 e. The summed E-state index contributed by atoms with van der Waals surface area (Å²) < 4.78 is 32.0. The number of esters is 1. The van der Waals surface area contributed by atoms with Gasteiger partial charge in [-0.15, -0.1) is 0 Å². The number of rotatable bonds is 13. The van der Waals surface area contributed by atoms with Crippen LogP contribution < -0.4 is 0 Å². The van der Waals surface area contributed by atoms with Crippen molar-refractivity contribution in [2.75, 3.05) is 7.11 Å². The van der Waals surface area contributed by atoms with Gasteiger partial charge < -0.3 is 14.9 Å². The highest BCUT2D eigenvalue weighted by Gasteiger charge is 2.46. The summed E-state index contributed by atoms with van der Waals surface area (Å²) in [6.07, 6.45) is 10.0. The van der Waals surface area contributed by atoms with Crippen LogP contribution in [0.1, 0.15) is 65.2 Å². The van der Waals surface area contributed by atoms with Gasteiger partial charge in [-0.3, -0.25) is 4.79 Å². The molecule has 2 aliphatic rings. The molecule has 1 fully saturated rings. The average molecular weight is 519 g/mol. The zero-order valence-corrected chi connectivity index (χ0v) is 22.6. The lowest BCUT2D eigenvalue weighted by molar-refractivity contribution is -0.140. The molecule has 7 heteroatoms. The highest BCUT2D eigenvalue weighted by Crippen LogP contribution is 2.49. The lowest BCUT2D eigenvalue weighted by atomic mass is 9.87. The number of benzene rings is 1. The number of methoxy groups -OCH3 is 1. The van der Waals surface area contributed by atoms with Crippen LogP contribution in [-0.4, -0.2) is 49.2 Å². The largest absolute Gasteiger partial charge is 0.469 e. The highest BCUT2D eigenvalue weighted by molar-refractivity contribution is 7.92. The number of hydrogen-bond donors (Lipinski definition) is 2. The Bertz CT molecular complexity index is 1020. The molecule has 0 heterocycles. The molecule has 0 spiro atoms. The number of ether oxygens (including phenoxy) is 1. The van der Waals surface area contributed by atoms with E-state index in [4.69, 9.17) is 4.74 Å². The maximum atomic E-state index is 13.7. The van der Waals surface area contributed by atoms with E-state index in [2.05, 4.69) is 13.0 Å². The summed E-state index contributed by atoms with van der Waals surface area (Å²) >= 11 is 0. The standard InChI is InChI=1S/C29H42O6S/c1-4-5-10-20(2)26(30)16-15-24-25-18-22(17-21(25)19-27(24)31)28(13-9-14-29(32)35-3)36(33,34)23-11-7-6-8-12-23/h6-8,11-12,15-17,20-21,24-28,30-31H,4-5,9-10,13-14,18-19H2,1-3H3/b16-15+/t20?,21-,24-,25-,26+,27+,28?/m0/s1. The van der Waals surface area contributed by atoms with E-state index in [-0.39, 0.29) is 41.0 Å². The number of hydrogen-bond acceptors (Lipinski definition) is 6. The van der Waals surface area contributed by atoms with Crippen LogP contribution in [0.15, 0.2) is 59.0 Å². The molecule has 1 aromatic carbocycles. The van der Waals surface area contributed by atoms with Crippen LogP contribution in [-0.2, 0) is 19.4 Å². The normalized spacial score (nSPS) is 26.4. The van der Waals surface area contributed by atoms with E-state index in [1.165, 1.54) is 7.11 Å². The Morgan fingerprint density at radius 2 is 1.92 bits per heavy atom. The molecule has 200 valence electrons. The minimum Gasteiger partial charge on any atom is -0.469 e. The maximum Gasteiger partial charge on any atom is 0.305 e. The number of aliphatic hydroxyl groups excluding tert-OH is 2. The maximum absolute atomic E-state index is 13.7. The Balaban J connectivity index is 1.77. The van der Waals surface area contributed by atoms with Gasteiger partial charge in [0.1, 0.15) is 0 Å². The topological polar surface area (TPSA) is 101 Å². The van der Waals surface area contributed by atoms with Crippen molar-refractivity contribution < 1.29 is 28.2 Å². The molecule has 3 rings (SSSR count). The molecule has 2 unspecified atom stereocenters. The first-order valence-electron chi connectivity index (χ1n) is 13.3. The summed E-state index contributed by atoms with van der Waals surface area (Å²) in [6.45, 7) is 4.18. The number of carbonyl (C=O) groups is 1. The van der Waals surface area contributed by atoms with E-state index < -0.39 is 27.3 Å². The summed E-state index contributed by atoms with van der Waals surface area (Å²) in [4.78, 5) is 11.9. The fourth-order valence-electron chi connectivity index (χ4n) is 5.76. The number of sulfone groups is 1. The van der Waals surface area contributed by atoms with Crippen molar-refractivity contribution in [2.24, 2.45) is 23.7 Å². The molecule has 0 radical (unpaired) electrons. The van der Waals surface area contributed by atoms with Crippen molar-refractivity contribution in [1.82, 2.24) is 0 Å². The third-order valence-corrected chi connectivity index (χ3v) is 10.2. The summed E-state index contributed by atoms with van der Waals surface area (Å²) in [6, 6.07) is 8.48. The zero-order valence-electron chi connectivity index (χ0n) is 21.8. The summed E-state index contributed by atoms with van der Waals surface area (Å²) in [7, 11) is -2.30. The number of unbranched alkanes of at least 4 members (excludes halogenated alkanes) is 1. The molecule has 1 aromatic rings. The van der Waals surface area contributed by atoms with Crippen LogP contribution in [0.5, 0.6) is 0 Å². The van der Waals surface area contributed by atoms with Gasteiger partial charge in [0.2, 0.25) is 0 Å². The molecule has 36 heavy (non-hydrogen) atoms. The number of aliphatic hydroxyl groups is 2. The predicted octanol–water partition coefficient (Wildman–Crippen LogP) is 4.86. The third-order valence-electron chi connectivity index (χ3n) is 7.96. The van der Waals surface area contributed by atoms with Gasteiger partial charge >= 0.3 is 5.97 Å². The van der Waals surface area contributed by atoms with E-state index in [1.807, 2.05) is 19.1 Å². The molecule has 1 saturated carbocycles. The second-order valence-electron chi connectivity index (χ2n) is 10.5. The Morgan fingerprint density at radius 3 is 2.58 bits per heavy atom. The number of carbonyl (C=O) groups excluding carboxylic acids is 1. The molecule has 7 atom stereocenters. The second kappa shape index (κ2) is 13.0. The molecular weight excluding hydrogens is 476 g/mol. The Morgan fingerprint density at radius 1 is 1.19 bits per heavy atom. The van der Waals surface area contributed by atoms with Crippen molar-refractivity contribution in [2.45, 2.75) is 87.6 Å². The Labute approximate surface area is 216 Å². The van der Waals surface area contributed by atoms with Gasteiger partial charge in [-0.05, 0) is 62.0 Å². The summed E-state index contributed by atoms with van der Waals surface area (Å²) in [5, 5.41) is 20.6. The van der Waals surface area contributed by atoms with Crippen molar-refractivity contribution in [3.63, 3.8) is 0 Å². The van der Waals surface area contributed by atoms with Gasteiger partial charge in [0.25, 0.3) is 0 Å². The first-order valence-corrected chi connectivity index (χ1v) is 14.8. The van der Waals surface area contributed by atoms with Crippen LogP contribution in [0.2, 0.25) is 0 Å². The van der Waals surface area contributed by atoms with Gasteiger partial charge in [-0.2, -0.15) is 0 Å². The van der Waals surface area contributed by atoms with E-state index >= 15 is 0 Å². The van der Waals surface area contributed by atoms with Crippen LogP contribution in [0.25, 0.3) is 0 Å². The van der Waals surface area contributed by atoms with E-state index in [9.17, 15) is 23.4 Å². The van der Waals surface area contributed by atoms with Gasteiger partial charge in [0.05, 0.1) is 29.5 Å². The summed E-state index contributed by atoms with van der Waals surface area (Å²) in [5.74, 6) is -0.0926. The molecule has 6 nitrogen and oxygen atoms in total. The Hall–Kier alpha value is -1.96. The molecule has 0 amide bonds. The molecule has 0 saturated heterocycles. The van der Waals surface area contributed by atoms with Gasteiger partial charge in [0, 0.05) is 12.3 Å². The molecule has 0 bridgehead atoms. The van der Waals surface area contributed by atoms with Crippen LogP contribution in [0, 0.1) is 23.7 Å². The van der Waals surface area contributed by atoms with Crippen LogP contribution in [0.4, 0.5) is 0 Å². The predicted molar refractivity (Wildman–Crippen MR) is 141 cm³/mol. The average Bonchev–Trinajstić information content (AvgIpc) is 3.40. The fraction of sp³-hybridized carbons (Fsp3) is 0.621. The molecular formula is C29H42O6S. The van der Waals surface area contributed by atoms with E-state index in [1.54, 1.807) is 30.3 Å². The fourth-order valence-corrected chi connectivity index (χ4v) is 7.68. The van der Waals surface area contributed by atoms with Crippen LogP contribution in [0.3, 0.4) is 0 Å². The van der Waals surface area contributed by atoms with Gasteiger partial charge in [-0.1, -0.05) is 68.7 Å². The van der Waals surface area contributed by atoms with Crippen molar-refractivity contribution in [3.05, 3.63) is 54.1 Å². The quantitative estimate of drug-likeness (QED) is 0.286.